The van der Waals surface area contributed by atoms with Gasteiger partial charge in [0.15, 0.2) is 11.5 Å². The van der Waals surface area contributed by atoms with Crippen LogP contribution in [0.2, 0.25) is 0 Å². The monoisotopic (exact) mass is 539 g/mol. The fraction of sp³-hybridized carbons (Fsp3) is 0.394. The lowest BCUT2D eigenvalue weighted by atomic mass is 9.86. The molecule has 0 aliphatic heterocycles. The molecule has 40 heavy (non-hydrogen) atoms. The Balaban J connectivity index is 1.04. The minimum atomic E-state index is 0.419. The number of nitrogens with zero attached hydrogens (tertiary/aromatic N) is 3. The van der Waals surface area contributed by atoms with E-state index < -0.39 is 0 Å². The lowest BCUT2D eigenvalue weighted by molar-refractivity contribution is 0.284. The predicted molar refractivity (Wildman–Crippen MR) is 164 cm³/mol. The number of ether oxygens (including phenoxy) is 2. The molecule has 7 heteroatoms. The quantitative estimate of drug-likeness (QED) is 0.211. The van der Waals surface area contributed by atoms with Gasteiger partial charge in [0.1, 0.15) is 12.4 Å². The summed E-state index contributed by atoms with van der Waals surface area (Å²) in [5.41, 5.74) is 3.37. The van der Waals surface area contributed by atoms with Crippen molar-refractivity contribution in [1.29, 1.82) is 0 Å². The van der Waals surface area contributed by atoms with Gasteiger partial charge in [0.05, 0.1) is 12.6 Å². The van der Waals surface area contributed by atoms with Gasteiger partial charge in [-0.2, -0.15) is 4.98 Å². The van der Waals surface area contributed by atoms with E-state index in [9.17, 15) is 0 Å². The molecule has 1 fully saturated rings. The normalized spacial score (nSPS) is 17.0. The Bertz CT molecular complexity index is 1370. The number of hydrogen-bond donors (Lipinski definition) is 2. The van der Waals surface area contributed by atoms with Crippen molar-refractivity contribution in [2.24, 2.45) is 5.92 Å². The molecule has 1 aliphatic rings. The maximum atomic E-state index is 6.00. The number of para-hydroxylation sites is 1. The molecule has 7 nitrogen and oxygen atoms in total. The van der Waals surface area contributed by atoms with Crippen molar-refractivity contribution in [3.05, 3.63) is 83.9 Å². The zero-order valence-electron chi connectivity index (χ0n) is 23.9. The average molecular weight is 540 g/mol. The highest BCUT2D eigenvalue weighted by Gasteiger charge is 2.22. The number of anilines is 2. The van der Waals surface area contributed by atoms with E-state index in [1.807, 2.05) is 50.5 Å². The Morgan fingerprint density at radius 1 is 0.850 bits per heavy atom. The van der Waals surface area contributed by atoms with Gasteiger partial charge in [-0.05, 0) is 86.5 Å². The van der Waals surface area contributed by atoms with E-state index in [4.69, 9.17) is 19.4 Å². The van der Waals surface area contributed by atoms with Gasteiger partial charge in [-0.1, -0.05) is 48.5 Å². The van der Waals surface area contributed by atoms with Crippen LogP contribution in [-0.4, -0.2) is 50.3 Å². The Morgan fingerprint density at radius 3 is 2.40 bits per heavy atom. The Kier molecular flexibility index (Phi) is 9.34. The second-order valence-electron chi connectivity index (χ2n) is 10.9. The summed E-state index contributed by atoms with van der Waals surface area (Å²) in [4.78, 5) is 11.7. The van der Waals surface area contributed by atoms with E-state index in [-0.39, 0.29) is 0 Å². The largest absolute Gasteiger partial charge is 0.493 e. The molecule has 0 unspecified atom stereocenters. The Morgan fingerprint density at radius 2 is 1.62 bits per heavy atom. The molecule has 4 aromatic rings. The standard InChI is InChI=1S/C33H41N5O2/c1-38(2)32-28-11-7-8-12-29(28)36-33(37-32)35-27-16-13-25(14-17-27)22-34-20-19-24-15-18-30(31(21-24)39-3)40-23-26-9-5-4-6-10-26/h4-12,15,18,21,25,27,34H,13-14,16-17,19-20,22-23H2,1-3H3,(H,35,36,37). The van der Waals surface area contributed by atoms with Crippen molar-refractivity contribution in [2.45, 2.75) is 44.8 Å². The van der Waals surface area contributed by atoms with Gasteiger partial charge in [-0.25, -0.2) is 4.98 Å². The maximum absolute atomic E-state index is 6.00. The van der Waals surface area contributed by atoms with Crippen LogP contribution >= 0.6 is 0 Å². The fourth-order valence-electron chi connectivity index (χ4n) is 5.42. The zero-order chi connectivity index (χ0) is 27.7. The van der Waals surface area contributed by atoms with E-state index in [1.165, 1.54) is 18.4 Å². The first kappa shape index (κ1) is 27.7. The number of methoxy groups -OCH3 is 1. The summed E-state index contributed by atoms with van der Waals surface area (Å²) in [7, 11) is 5.76. The summed E-state index contributed by atoms with van der Waals surface area (Å²) >= 11 is 0. The van der Waals surface area contributed by atoms with E-state index in [1.54, 1.807) is 7.11 Å². The van der Waals surface area contributed by atoms with E-state index in [0.717, 1.165) is 72.1 Å². The first-order valence-corrected chi connectivity index (χ1v) is 14.3. The third-order valence-electron chi connectivity index (χ3n) is 7.68. The SMILES string of the molecule is COc1cc(CCNCC2CCC(Nc3nc(N(C)C)c4ccccc4n3)CC2)ccc1OCc1ccccc1. The molecule has 1 aromatic heterocycles. The molecule has 0 amide bonds. The lowest BCUT2D eigenvalue weighted by Gasteiger charge is -2.29. The van der Waals surface area contributed by atoms with Crippen LogP contribution in [0.1, 0.15) is 36.8 Å². The van der Waals surface area contributed by atoms with Crippen molar-refractivity contribution < 1.29 is 9.47 Å². The molecule has 3 aromatic carbocycles. The van der Waals surface area contributed by atoms with Crippen molar-refractivity contribution in [3.8, 4) is 11.5 Å². The molecule has 0 spiro atoms. The van der Waals surface area contributed by atoms with Crippen LogP contribution in [0.5, 0.6) is 11.5 Å². The number of fused-ring (bicyclic) bond motifs is 1. The van der Waals surface area contributed by atoms with Gasteiger partial charge in [-0.3, -0.25) is 0 Å². The van der Waals surface area contributed by atoms with Crippen molar-refractivity contribution >= 4 is 22.7 Å². The molecule has 0 atom stereocenters. The topological polar surface area (TPSA) is 71.5 Å². The van der Waals surface area contributed by atoms with Crippen LogP contribution in [0.3, 0.4) is 0 Å². The van der Waals surface area contributed by atoms with E-state index in [0.29, 0.717) is 18.6 Å². The minimum absolute atomic E-state index is 0.419. The molecule has 0 saturated heterocycles. The summed E-state index contributed by atoms with van der Waals surface area (Å²) in [6.45, 7) is 2.53. The second-order valence-corrected chi connectivity index (χ2v) is 10.9. The maximum Gasteiger partial charge on any atom is 0.225 e. The van der Waals surface area contributed by atoms with Crippen LogP contribution < -0.4 is 25.0 Å². The third kappa shape index (κ3) is 7.21. The molecule has 1 heterocycles. The van der Waals surface area contributed by atoms with Gasteiger partial charge in [0, 0.05) is 25.5 Å². The lowest BCUT2D eigenvalue weighted by Crippen LogP contribution is -2.32. The van der Waals surface area contributed by atoms with Gasteiger partial charge < -0.3 is 25.0 Å². The summed E-state index contributed by atoms with van der Waals surface area (Å²) < 4.78 is 11.6. The van der Waals surface area contributed by atoms with Crippen molar-refractivity contribution in [2.75, 3.05) is 44.5 Å². The first-order chi connectivity index (χ1) is 19.6. The first-order valence-electron chi connectivity index (χ1n) is 14.3. The summed E-state index contributed by atoms with van der Waals surface area (Å²) in [6.07, 6.45) is 5.66. The molecule has 5 rings (SSSR count). The van der Waals surface area contributed by atoms with Crippen molar-refractivity contribution in [1.82, 2.24) is 15.3 Å². The van der Waals surface area contributed by atoms with Crippen LogP contribution in [0.25, 0.3) is 10.9 Å². The molecular formula is C33H41N5O2. The molecule has 1 aliphatic carbocycles. The molecular weight excluding hydrogens is 498 g/mol. The number of benzene rings is 3. The molecule has 1 saturated carbocycles. The molecule has 0 radical (unpaired) electrons. The van der Waals surface area contributed by atoms with Gasteiger partial charge in [0.25, 0.3) is 0 Å². The van der Waals surface area contributed by atoms with Crippen LogP contribution in [0, 0.1) is 5.92 Å². The van der Waals surface area contributed by atoms with Crippen LogP contribution in [-0.2, 0) is 13.0 Å². The summed E-state index contributed by atoms with van der Waals surface area (Å²) in [6, 6.07) is 25.1. The number of aromatic nitrogens is 2. The molecule has 0 bridgehead atoms. The van der Waals surface area contributed by atoms with Crippen LogP contribution in [0.15, 0.2) is 72.8 Å². The minimum Gasteiger partial charge on any atom is -0.493 e. The third-order valence-corrected chi connectivity index (χ3v) is 7.68. The highest BCUT2D eigenvalue weighted by Crippen LogP contribution is 2.30. The Labute approximate surface area is 237 Å². The van der Waals surface area contributed by atoms with Gasteiger partial charge >= 0.3 is 0 Å². The number of rotatable bonds is 12. The predicted octanol–water partition coefficient (Wildman–Crippen LogP) is 6.09. The number of hydrogen-bond acceptors (Lipinski definition) is 7. The highest BCUT2D eigenvalue weighted by atomic mass is 16.5. The zero-order valence-corrected chi connectivity index (χ0v) is 23.9. The molecule has 210 valence electrons. The van der Waals surface area contributed by atoms with Crippen molar-refractivity contribution in [3.63, 3.8) is 0 Å². The highest BCUT2D eigenvalue weighted by molar-refractivity contribution is 5.90. The van der Waals surface area contributed by atoms with Crippen LogP contribution in [0.4, 0.5) is 11.8 Å². The van der Waals surface area contributed by atoms with Gasteiger partial charge in [-0.15, -0.1) is 0 Å². The second kappa shape index (κ2) is 13.5. The number of nitrogens with one attached hydrogen (secondary N) is 2. The van der Waals surface area contributed by atoms with E-state index >= 15 is 0 Å². The van der Waals surface area contributed by atoms with Gasteiger partial charge in [0.2, 0.25) is 5.95 Å². The Hall–Kier alpha value is -3.84. The smallest absolute Gasteiger partial charge is 0.225 e. The summed E-state index contributed by atoms with van der Waals surface area (Å²) in [5, 5.41) is 8.39. The van der Waals surface area contributed by atoms with E-state index in [2.05, 4.69) is 51.9 Å². The fourth-order valence-corrected chi connectivity index (χ4v) is 5.42. The summed E-state index contributed by atoms with van der Waals surface area (Å²) in [5.74, 6) is 3.96. The molecule has 2 N–H and O–H groups in total. The average Bonchev–Trinajstić information content (AvgIpc) is 2.99.